The van der Waals surface area contributed by atoms with E-state index in [1.165, 1.54) is 43.5 Å². The first-order valence-corrected chi connectivity index (χ1v) is 8.06. The van der Waals surface area contributed by atoms with Crippen LogP contribution in [0.1, 0.15) is 62.2 Å². The second kappa shape index (κ2) is 4.34. The molecular weight excluding hydrogens is 234 g/mol. The van der Waals surface area contributed by atoms with E-state index >= 15 is 0 Å². The Kier molecular flexibility index (Phi) is 2.73. The number of nitrogens with zero attached hydrogens (tertiary/aromatic N) is 1. The van der Waals surface area contributed by atoms with Crippen LogP contribution in [0.4, 0.5) is 0 Å². The molecule has 3 N–H and O–H groups in total. The lowest BCUT2D eigenvalue weighted by Gasteiger charge is -2.54. The van der Waals surface area contributed by atoms with E-state index in [0.29, 0.717) is 6.54 Å². The molecule has 4 aliphatic carbocycles. The summed E-state index contributed by atoms with van der Waals surface area (Å²) in [5, 5.41) is 0. The average Bonchev–Trinajstić information content (AvgIpc) is 2.81. The molecular formula is C16H25N3. The van der Waals surface area contributed by atoms with E-state index in [1.54, 1.807) is 0 Å². The maximum absolute atomic E-state index is 5.77. The molecule has 1 aromatic heterocycles. The molecule has 4 aliphatic rings. The highest BCUT2D eigenvalue weighted by Gasteiger charge is 2.49. The van der Waals surface area contributed by atoms with Gasteiger partial charge in [0.15, 0.2) is 0 Å². The zero-order chi connectivity index (χ0) is 13.0. The Bertz CT molecular complexity index is 448. The van der Waals surface area contributed by atoms with Crippen LogP contribution in [0.15, 0.2) is 0 Å². The van der Waals surface area contributed by atoms with Gasteiger partial charge in [-0.1, -0.05) is 6.92 Å². The van der Waals surface area contributed by atoms with Crippen molar-refractivity contribution in [2.45, 2.75) is 57.9 Å². The fraction of sp³-hybridized carbons (Fsp3) is 0.812. The van der Waals surface area contributed by atoms with Crippen LogP contribution in [0, 0.1) is 23.7 Å². The molecule has 5 rings (SSSR count). The molecule has 4 bridgehead atoms. The van der Waals surface area contributed by atoms with Crippen LogP contribution >= 0.6 is 0 Å². The molecule has 3 heteroatoms. The highest BCUT2D eigenvalue weighted by atomic mass is 15.0. The van der Waals surface area contributed by atoms with Crippen molar-refractivity contribution in [1.82, 2.24) is 9.97 Å². The molecule has 0 atom stereocenters. The molecule has 0 aliphatic heterocycles. The van der Waals surface area contributed by atoms with E-state index < -0.39 is 0 Å². The number of aromatic nitrogens is 2. The van der Waals surface area contributed by atoms with Crippen molar-refractivity contribution < 1.29 is 0 Å². The van der Waals surface area contributed by atoms with Crippen LogP contribution in [0.5, 0.6) is 0 Å². The summed E-state index contributed by atoms with van der Waals surface area (Å²) in [4.78, 5) is 8.32. The van der Waals surface area contributed by atoms with E-state index in [0.717, 1.165) is 41.8 Å². The molecule has 0 radical (unpaired) electrons. The van der Waals surface area contributed by atoms with Crippen molar-refractivity contribution in [2.75, 3.05) is 0 Å². The van der Waals surface area contributed by atoms with Gasteiger partial charge in [-0.15, -0.1) is 0 Å². The molecule has 0 spiro atoms. The predicted molar refractivity (Wildman–Crippen MR) is 75.6 cm³/mol. The van der Waals surface area contributed by atoms with Gasteiger partial charge in [0, 0.05) is 11.6 Å². The van der Waals surface area contributed by atoms with Gasteiger partial charge in [0.25, 0.3) is 0 Å². The number of aromatic amines is 1. The standard InChI is InChI=1S/C16H25N3/c1-2-13-16(19-14(8-17)18-13)15-11-4-9-3-10(6-11)7-12(15)5-9/h9-12,15H,2-8,17H2,1H3,(H,18,19). The van der Waals surface area contributed by atoms with Gasteiger partial charge in [-0.3, -0.25) is 0 Å². The summed E-state index contributed by atoms with van der Waals surface area (Å²) in [5.41, 5.74) is 8.51. The van der Waals surface area contributed by atoms with Crippen LogP contribution in [0.25, 0.3) is 0 Å². The summed E-state index contributed by atoms with van der Waals surface area (Å²) >= 11 is 0. The summed E-state index contributed by atoms with van der Waals surface area (Å²) in [5.74, 6) is 5.62. The third-order valence-electron chi connectivity index (χ3n) is 5.95. The zero-order valence-electron chi connectivity index (χ0n) is 11.9. The van der Waals surface area contributed by atoms with Crippen molar-refractivity contribution in [3.63, 3.8) is 0 Å². The highest BCUT2D eigenvalue weighted by molar-refractivity contribution is 5.24. The first-order valence-electron chi connectivity index (χ1n) is 8.06. The molecule has 4 saturated carbocycles. The normalized spacial score (nSPS) is 40.0. The SMILES string of the molecule is CCc1[nH]c(CN)nc1C1C2CC3CC(C2)CC1C3. The first-order chi connectivity index (χ1) is 9.28. The van der Waals surface area contributed by atoms with Gasteiger partial charge in [0.1, 0.15) is 5.82 Å². The third kappa shape index (κ3) is 1.78. The fourth-order valence-electron chi connectivity index (χ4n) is 5.49. The zero-order valence-corrected chi connectivity index (χ0v) is 11.9. The molecule has 1 aromatic rings. The number of nitrogens with two attached hydrogens (primary N) is 1. The summed E-state index contributed by atoms with van der Waals surface area (Å²) in [7, 11) is 0. The van der Waals surface area contributed by atoms with Crippen molar-refractivity contribution in [2.24, 2.45) is 29.4 Å². The lowest BCUT2D eigenvalue weighted by atomic mass is 9.51. The Morgan fingerprint density at radius 3 is 2.26 bits per heavy atom. The minimum absolute atomic E-state index is 0.542. The molecule has 104 valence electrons. The van der Waals surface area contributed by atoms with Crippen molar-refractivity contribution in [3.05, 3.63) is 17.2 Å². The fourth-order valence-corrected chi connectivity index (χ4v) is 5.49. The van der Waals surface area contributed by atoms with Crippen LogP contribution in [-0.4, -0.2) is 9.97 Å². The molecule has 3 nitrogen and oxygen atoms in total. The number of rotatable bonds is 3. The Hall–Kier alpha value is -0.830. The average molecular weight is 259 g/mol. The summed E-state index contributed by atoms with van der Waals surface area (Å²) in [6.45, 7) is 2.77. The second-order valence-electron chi connectivity index (χ2n) is 7.06. The number of imidazole rings is 1. The summed E-state index contributed by atoms with van der Waals surface area (Å²) in [6.07, 6.45) is 8.44. The van der Waals surface area contributed by atoms with Crippen LogP contribution in [-0.2, 0) is 13.0 Å². The molecule has 19 heavy (non-hydrogen) atoms. The van der Waals surface area contributed by atoms with E-state index in [-0.39, 0.29) is 0 Å². The predicted octanol–water partition coefficient (Wildman–Crippen LogP) is 2.97. The smallest absolute Gasteiger partial charge is 0.120 e. The Morgan fingerprint density at radius 2 is 1.74 bits per heavy atom. The number of hydrogen-bond donors (Lipinski definition) is 2. The van der Waals surface area contributed by atoms with E-state index in [4.69, 9.17) is 10.7 Å². The third-order valence-corrected chi connectivity index (χ3v) is 5.95. The van der Waals surface area contributed by atoms with Crippen molar-refractivity contribution >= 4 is 0 Å². The number of aryl methyl sites for hydroxylation is 1. The summed E-state index contributed by atoms with van der Waals surface area (Å²) in [6, 6.07) is 0. The minimum atomic E-state index is 0.542. The summed E-state index contributed by atoms with van der Waals surface area (Å²) < 4.78 is 0. The molecule has 0 amide bonds. The maximum Gasteiger partial charge on any atom is 0.120 e. The molecule has 0 aromatic carbocycles. The van der Waals surface area contributed by atoms with Crippen LogP contribution in [0.3, 0.4) is 0 Å². The Morgan fingerprint density at radius 1 is 1.11 bits per heavy atom. The molecule has 0 saturated heterocycles. The monoisotopic (exact) mass is 259 g/mol. The molecule has 0 unspecified atom stereocenters. The topological polar surface area (TPSA) is 54.7 Å². The van der Waals surface area contributed by atoms with Gasteiger partial charge in [0.2, 0.25) is 0 Å². The van der Waals surface area contributed by atoms with E-state index in [2.05, 4.69) is 11.9 Å². The van der Waals surface area contributed by atoms with Gasteiger partial charge in [-0.2, -0.15) is 0 Å². The quantitative estimate of drug-likeness (QED) is 0.877. The first kappa shape index (κ1) is 12.0. The largest absolute Gasteiger partial charge is 0.345 e. The van der Waals surface area contributed by atoms with Gasteiger partial charge in [-0.05, 0) is 62.2 Å². The number of hydrogen-bond acceptors (Lipinski definition) is 2. The Labute approximate surface area is 115 Å². The Balaban J connectivity index is 1.70. The van der Waals surface area contributed by atoms with Crippen molar-refractivity contribution in [1.29, 1.82) is 0 Å². The van der Waals surface area contributed by atoms with Gasteiger partial charge >= 0.3 is 0 Å². The van der Waals surface area contributed by atoms with E-state index in [9.17, 15) is 0 Å². The van der Waals surface area contributed by atoms with Gasteiger partial charge < -0.3 is 10.7 Å². The lowest BCUT2D eigenvalue weighted by Crippen LogP contribution is -2.44. The van der Waals surface area contributed by atoms with Crippen LogP contribution < -0.4 is 5.73 Å². The highest BCUT2D eigenvalue weighted by Crippen LogP contribution is 2.59. The molecule has 1 heterocycles. The van der Waals surface area contributed by atoms with Crippen molar-refractivity contribution in [3.8, 4) is 0 Å². The lowest BCUT2D eigenvalue weighted by molar-refractivity contribution is -0.00433. The second-order valence-corrected chi connectivity index (χ2v) is 7.06. The van der Waals surface area contributed by atoms with E-state index in [1.807, 2.05) is 0 Å². The number of nitrogens with one attached hydrogen (secondary N) is 1. The number of H-pyrrole nitrogens is 1. The van der Waals surface area contributed by atoms with Gasteiger partial charge in [0.05, 0.1) is 12.2 Å². The maximum atomic E-state index is 5.77. The van der Waals surface area contributed by atoms with Gasteiger partial charge in [-0.25, -0.2) is 4.98 Å². The minimum Gasteiger partial charge on any atom is -0.345 e. The molecule has 4 fully saturated rings. The van der Waals surface area contributed by atoms with Crippen LogP contribution in [0.2, 0.25) is 0 Å².